The molecular formula is C8H15NO2. The zero-order valence-corrected chi connectivity index (χ0v) is 6.84. The van der Waals surface area contributed by atoms with Gasteiger partial charge in [-0.25, -0.2) is 0 Å². The minimum absolute atomic E-state index is 0.182. The molecule has 0 radical (unpaired) electrons. The van der Waals surface area contributed by atoms with Gasteiger partial charge in [0.25, 0.3) is 0 Å². The monoisotopic (exact) mass is 157 g/mol. The van der Waals surface area contributed by atoms with Crippen LogP contribution in [0.15, 0.2) is 12.7 Å². The third-order valence-electron chi connectivity index (χ3n) is 1.35. The van der Waals surface area contributed by atoms with Gasteiger partial charge in [-0.3, -0.25) is 4.79 Å². The minimum Gasteiger partial charge on any atom is -0.481 e. The van der Waals surface area contributed by atoms with Crippen LogP contribution in [0.25, 0.3) is 0 Å². The van der Waals surface area contributed by atoms with Crippen molar-refractivity contribution in [2.45, 2.75) is 25.8 Å². The highest BCUT2D eigenvalue weighted by molar-refractivity contribution is 5.66. The second-order valence-corrected chi connectivity index (χ2v) is 2.52. The predicted molar refractivity (Wildman–Crippen MR) is 44.5 cm³/mol. The van der Waals surface area contributed by atoms with Gasteiger partial charge in [0, 0.05) is 12.6 Å². The zero-order chi connectivity index (χ0) is 8.69. The van der Waals surface area contributed by atoms with E-state index in [0.717, 1.165) is 6.42 Å². The molecule has 1 unspecified atom stereocenters. The van der Waals surface area contributed by atoms with Crippen molar-refractivity contribution in [1.29, 1.82) is 0 Å². The van der Waals surface area contributed by atoms with Crippen LogP contribution in [0, 0.1) is 0 Å². The molecule has 0 heterocycles. The van der Waals surface area contributed by atoms with Gasteiger partial charge in [-0.1, -0.05) is 6.08 Å². The molecule has 0 fully saturated rings. The summed E-state index contributed by atoms with van der Waals surface area (Å²) >= 11 is 0. The van der Waals surface area contributed by atoms with Gasteiger partial charge in [0.15, 0.2) is 0 Å². The van der Waals surface area contributed by atoms with E-state index < -0.39 is 5.97 Å². The Bertz CT molecular complexity index is 134. The van der Waals surface area contributed by atoms with Gasteiger partial charge in [-0.05, 0) is 13.3 Å². The normalized spacial score (nSPS) is 12.5. The summed E-state index contributed by atoms with van der Waals surface area (Å²) in [6, 6.07) is 0.326. The first-order chi connectivity index (χ1) is 5.16. The fourth-order valence-corrected chi connectivity index (χ4v) is 0.759. The van der Waals surface area contributed by atoms with Crippen LogP contribution in [-0.2, 0) is 4.79 Å². The third-order valence-corrected chi connectivity index (χ3v) is 1.35. The summed E-state index contributed by atoms with van der Waals surface area (Å²) in [5.41, 5.74) is 0. The fourth-order valence-electron chi connectivity index (χ4n) is 0.759. The summed E-state index contributed by atoms with van der Waals surface area (Å²) in [6.07, 6.45) is 2.87. The Balaban J connectivity index is 3.23. The van der Waals surface area contributed by atoms with Crippen LogP contribution in [0.3, 0.4) is 0 Å². The number of hydrogen-bond donors (Lipinski definition) is 2. The number of nitrogens with one attached hydrogen (secondary N) is 1. The fraction of sp³-hybridized carbons (Fsp3) is 0.625. The maximum Gasteiger partial charge on any atom is 0.304 e. The summed E-state index contributed by atoms with van der Waals surface area (Å²) in [5.74, 6) is -0.761. The second-order valence-electron chi connectivity index (χ2n) is 2.52. The number of carboxylic acid groups (broad SMARTS) is 1. The quantitative estimate of drug-likeness (QED) is 0.566. The molecule has 11 heavy (non-hydrogen) atoms. The van der Waals surface area contributed by atoms with E-state index in [-0.39, 0.29) is 6.42 Å². The molecule has 0 aromatic rings. The summed E-state index contributed by atoms with van der Waals surface area (Å²) in [6.45, 7) is 6.12. The first kappa shape index (κ1) is 10.2. The second kappa shape index (κ2) is 5.92. The topological polar surface area (TPSA) is 49.3 Å². The van der Waals surface area contributed by atoms with Gasteiger partial charge in [0.2, 0.25) is 0 Å². The highest BCUT2D eigenvalue weighted by Crippen LogP contribution is 1.90. The van der Waals surface area contributed by atoms with Gasteiger partial charge in [-0.15, -0.1) is 6.58 Å². The summed E-state index contributed by atoms with van der Waals surface area (Å²) in [7, 11) is 0. The Morgan fingerprint density at radius 2 is 2.45 bits per heavy atom. The van der Waals surface area contributed by atoms with Gasteiger partial charge < -0.3 is 10.4 Å². The van der Waals surface area contributed by atoms with E-state index in [2.05, 4.69) is 11.9 Å². The van der Waals surface area contributed by atoms with E-state index in [9.17, 15) is 4.79 Å². The number of carbonyl (C=O) groups is 1. The van der Waals surface area contributed by atoms with E-state index >= 15 is 0 Å². The maximum absolute atomic E-state index is 10.1. The highest BCUT2D eigenvalue weighted by atomic mass is 16.4. The smallest absolute Gasteiger partial charge is 0.304 e. The van der Waals surface area contributed by atoms with Crippen molar-refractivity contribution in [3.8, 4) is 0 Å². The largest absolute Gasteiger partial charge is 0.481 e. The van der Waals surface area contributed by atoms with Gasteiger partial charge >= 0.3 is 5.97 Å². The lowest BCUT2D eigenvalue weighted by Crippen LogP contribution is -2.27. The number of carboxylic acids is 1. The van der Waals surface area contributed by atoms with Crippen LogP contribution in [0.1, 0.15) is 19.8 Å². The van der Waals surface area contributed by atoms with Crippen molar-refractivity contribution >= 4 is 5.97 Å². The molecule has 0 spiro atoms. The Morgan fingerprint density at radius 1 is 1.82 bits per heavy atom. The third kappa shape index (κ3) is 7.06. The van der Waals surface area contributed by atoms with Crippen molar-refractivity contribution in [2.75, 3.05) is 6.54 Å². The molecule has 3 nitrogen and oxygen atoms in total. The van der Waals surface area contributed by atoms with E-state index in [1.165, 1.54) is 0 Å². The Labute approximate surface area is 67.1 Å². The van der Waals surface area contributed by atoms with Crippen LogP contribution in [0.5, 0.6) is 0 Å². The highest BCUT2D eigenvalue weighted by Gasteiger charge is 1.99. The van der Waals surface area contributed by atoms with E-state index in [1.54, 1.807) is 0 Å². The molecule has 3 heteroatoms. The molecule has 64 valence electrons. The number of rotatable bonds is 6. The molecule has 0 saturated carbocycles. The lowest BCUT2D eigenvalue weighted by atomic mass is 10.2. The van der Waals surface area contributed by atoms with Crippen molar-refractivity contribution < 1.29 is 9.90 Å². The van der Waals surface area contributed by atoms with E-state index in [0.29, 0.717) is 12.6 Å². The number of hydrogen-bond acceptors (Lipinski definition) is 2. The van der Waals surface area contributed by atoms with E-state index in [1.807, 2.05) is 13.0 Å². The van der Waals surface area contributed by atoms with Crippen LogP contribution < -0.4 is 5.32 Å². The van der Waals surface area contributed by atoms with Crippen molar-refractivity contribution in [3.63, 3.8) is 0 Å². The molecule has 0 aliphatic heterocycles. The molecule has 0 aromatic heterocycles. The number of aliphatic carboxylic acids is 1. The van der Waals surface area contributed by atoms with Crippen LogP contribution >= 0.6 is 0 Å². The first-order valence-corrected chi connectivity index (χ1v) is 3.73. The SMILES string of the molecule is C=CCC(C)NCCC(=O)O. The van der Waals surface area contributed by atoms with Gasteiger partial charge in [-0.2, -0.15) is 0 Å². The molecule has 0 rings (SSSR count). The van der Waals surface area contributed by atoms with E-state index in [4.69, 9.17) is 5.11 Å². The molecule has 1 atom stereocenters. The van der Waals surface area contributed by atoms with Crippen LogP contribution in [-0.4, -0.2) is 23.7 Å². The van der Waals surface area contributed by atoms with Crippen LogP contribution in [0.4, 0.5) is 0 Å². The molecule has 2 N–H and O–H groups in total. The standard InChI is InChI=1S/C8H15NO2/c1-3-4-7(2)9-6-5-8(10)11/h3,7,9H,1,4-6H2,2H3,(H,10,11). The lowest BCUT2D eigenvalue weighted by molar-refractivity contribution is -0.136. The average molecular weight is 157 g/mol. The molecule has 0 bridgehead atoms. The Morgan fingerprint density at radius 3 is 2.91 bits per heavy atom. The average Bonchev–Trinajstić information content (AvgIpc) is 1.87. The zero-order valence-electron chi connectivity index (χ0n) is 6.84. The maximum atomic E-state index is 10.1. The Hall–Kier alpha value is -0.830. The summed E-state index contributed by atoms with van der Waals surface area (Å²) in [4.78, 5) is 10.1. The van der Waals surface area contributed by atoms with Crippen molar-refractivity contribution in [2.24, 2.45) is 0 Å². The van der Waals surface area contributed by atoms with Crippen molar-refractivity contribution in [3.05, 3.63) is 12.7 Å². The molecule has 0 aliphatic rings. The van der Waals surface area contributed by atoms with Gasteiger partial charge in [0.05, 0.1) is 6.42 Å². The molecule has 0 aliphatic carbocycles. The minimum atomic E-state index is -0.761. The molecule has 0 saturated heterocycles. The van der Waals surface area contributed by atoms with Crippen molar-refractivity contribution in [1.82, 2.24) is 5.32 Å². The lowest BCUT2D eigenvalue weighted by Gasteiger charge is -2.09. The summed E-state index contributed by atoms with van der Waals surface area (Å²) in [5, 5.41) is 11.4. The molecule has 0 aromatic carbocycles. The first-order valence-electron chi connectivity index (χ1n) is 3.73. The predicted octanol–water partition coefficient (Wildman–Crippen LogP) is 1.02. The molecular weight excluding hydrogens is 142 g/mol. The Kier molecular flexibility index (Phi) is 5.47. The van der Waals surface area contributed by atoms with Gasteiger partial charge in [0.1, 0.15) is 0 Å². The van der Waals surface area contributed by atoms with Crippen LogP contribution in [0.2, 0.25) is 0 Å². The molecule has 0 amide bonds. The summed E-state index contributed by atoms with van der Waals surface area (Å²) < 4.78 is 0.